The number of carbonyl (C=O) groups is 2. The molecule has 0 radical (unpaired) electrons. The summed E-state index contributed by atoms with van der Waals surface area (Å²) < 4.78 is 15.2. The van der Waals surface area contributed by atoms with Gasteiger partial charge in [-0.05, 0) is 50.0 Å². The molecule has 1 aliphatic heterocycles. The van der Waals surface area contributed by atoms with Gasteiger partial charge in [0.15, 0.2) is 11.4 Å². The van der Waals surface area contributed by atoms with Gasteiger partial charge < -0.3 is 19.2 Å². The molecule has 164 valence electrons. The molecule has 4 rings (SSSR count). The first-order chi connectivity index (χ1) is 15.1. The Balaban J connectivity index is 1.26. The molecule has 0 aliphatic carbocycles. The SMILES string of the molecule is COC(=O)c1coc(CN2CCC(CNC(=O)c3n[nH]c4ccc(OC)cc34)CC2)n1. The fourth-order valence-electron chi connectivity index (χ4n) is 3.74. The third-order valence-electron chi connectivity index (χ3n) is 5.55. The zero-order valence-electron chi connectivity index (χ0n) is 17.5. The Labute approximate surface area is 178 Å². The quantitative estimate of drug-likeness (QED) is 0.549. The van der Waals surface area contributed by atoms with Crippen LogP contribution in [0.4, 0.5) is 0 Å². The maximum atomic E-state index is 12.6. The van der Waals surface area contributed by atoms with Gasteiger partial charge >= 0.3 is 5.97 Å². The molecule has 2 N–H and O–H groups in total. The second-order valence-corrected chi connectivity index (χ2v) is 7.53. The van der Waals surface area contributed by atoms with Gasteiger partial charge in [-0.3, -0.25) is 14.8 Å². The molecule has 1 amide bonds. The minimum absolute atomic E-state index is 0.179. The highest BCUT2D eigenvalue weighted by molar-refractivity contribution is 6.05. The topological polar surface area (TPSA) is 123 Å². The summed E-state index contributed by atoms with van der Waals surface area (Å²) in [6.07, 6.45) is 3.21. The van der Waals surface area contributed by atoms with E-state index in [0.717, 1.165) is 36.8 Å². The van der Waals surface area contributed by atoms with Gasteiger partial charge in [0.25, 0.3) is 5.91 Å². The first kappa shape index (κ1) is 20.9. The Morgan fingerprint density at radius 1 is 1.29 bits per heavy atom. The number of aromatic nitrogens is 3. The summed E-state index contributed by atoms with van der Waals surface area (Å²) >= 11 is 0. The number of piperidine rings is 1. The van der Waals surface area contributed by atoms with Crippen LogP contribution in [0.25, 0.3) is 10.9 Å². The van der Waals surface area contributed by atoms with Crippen molar-refractivity contribution < 1.29 is 23.5 Å². The van der Waals surface area contributed by atoms with Crippen LogP contribution in [0.2, 0.25) is 0 Å². The van der Waals surface area contributed by atoms with E-state index in [4.69, 9.17) is 9.15 Å². The predicted molar refractivity (Wildman–Crippen MR) is 111 cm³/mol. The zero-order valence-corrected chi connectivity index (χ0v) is 17.5. The third-order valence-corrected chi connectivity index (χ3v) is 5.55. The Hall–Kier alpha value is -3.40. The number of rotatable bonds is 7. The van der Waals surface area contributed by atoms with Crippen LogP contribution in [0.1, 0.15) is 39.7 Å². The number of H-pyrrole nitrogens is 1. The number of methoxy groups -OCH3 is 2. The molecule has 0 bridgehead atoms. The van der Waals surface area contributed by atoms with Crippen molar-refractivity contribution in [3.05, 3.63) is 41.7 Å². The lowest BCUT2D eigenvalue weighted by Crippen LogP contribution is -2.38. The Morgan fingerprint density at radius 2 is 2.10 bits per heavy atom. The van der Waals surface area contributed by atoms with Crippen molar-refractivity contribution in [2.75, 3.05) is 33.9 Å². The number of ether oxygens (including phenoxy) is 2. The molecule has 1 fully saturated rings. The van der Waals surface area contributed by atoms with E-state index in [1.807, 2.05) is 12.1 Å². The number of aromatic amines is 1. The monoisotopic (exact) mass is 427 g/mol. The van der Waals surface area contributed by atoms with Gasteiger partial charge in [-0.2, -0.15) is 5.10 Å². The molecular weight excluding hydrogens is 402 g/mol. The second kappa shape index (κ2) is 9.17. The van der Waals surface area contributed by atoms with Crippen molar-refractivity contribution in [3.8, 4) is 5.75 Å². The van der Waals surface area contributed by atoms with E-state index in [9.17, 15) is 9.59 Å². The van der Waals surface area contributed by atoms with E-state index < -0.39 is 5.97 Å². The van der Waals surface area contributed by atoms with Crippen molar-refractivity contribution in [2.45, 2.75) is 19.4 Å². The Morgan fingerprint density at radius 3 is 2.84 bits per heavy atom. The van der Waals surface area contributed by atoms with Crippen molar-refractivity contribution in [3.63, 3.8) is 0 Å². The normalized spacial score (nSPS) is 15.2. The van der Waals surface area contributed by atoms with Crippen LogP contribution < -0.4 is 10.1 Å². The van der Waals surface area contributed by atoms with Crippen molar-refractivity contribution in [2.24, 2.45) is 5.92 Å². The lowest BCUT2D eigenvalue weighted by atomic mass is 9.96. The largest absolute Gasteiger partial charge is 0.497 e. The number of fused-ring (bicyclic) bond motifs is 1. The predicted octanol–water partition coefficient (Wildman–Crippen LogP) is 1.99. The van der Waals surface area contributed by atoms with E-state index in [1.54, 1.807) is 13.2 Å². The summed E-state index contributed by atoms with van der Waals surface area (Å²) in [7, 11) is 2.90. The first-order valence-corrected chi connectivity index (χ1v) is 10.1. The highest BCUT2D eigenvalue weighted by Gasteiger charge is 2.23. The molecule has 0 unspecified atom stereocenters. The lowest BCUT2D eigenvalue weighted by Gasteiger charge is -2.31. The molecule has 31 heavy (non-hydrogen) atoms. The number of amides is 1. The number of carbonyl (C=O) groups excluding carboxylic acids is 2. The smallest absolute Gasteiger partial charge is 0.360 e. The average Bonchev–Trinajstić information content (AvgIpc) is 3.44. The van der Waals surface area contributed by atoms with Crippen LogP contribution in [0.5, 0.6) is 5.75 Å². The van der Waals surface area contributed by atoms with Gasteiger partial charge in [-0.25, -0.2) is 9.78 Å². The van der Waals surface area contributed by atoms with E-state index in [1.165, 1.54) is 13.4 Å². The summed E-state index contributed by atoms with van der Waals surface area (Å²) in [5.41, 5.74) is 1.34. The van der Waals surface area contributed by atoms with Crippen LogP contribution in [0.15, 0.2) is 28.9 Å². The molecule has 0 spiro atoms. The molecule has 1 saturated heterocycles. The molecule has 10 nitrogen and oxygen atoms in total. The van der Waals surface area contributed by atoms with Crippen LogP contribution >= 0.6 is 0 Å². The minimum Gasteiger partial charge on any atom is -0.497 e. The highest BCUT2D eigenvalue weighted by atomic mass is 16.5. The molecule has 2 aromatic heterocycles. The second-order valence-electron chi connectivity index (χ2n) is 7.53. The van der Waals surface area contributed by atoms with E-state index in [-0.39, 0.29) is 11.6 Å². The fraction of sp³-hybridized carbons (Fsp3) is 0.429. The van der Waals surface area contributed by atoms with Crippen molar-refractivity contribution in [1.29, 1.82) is 0 Å². The van der Waals surface area contributed by atoms with Gasteiger partial charge in [0.1, 0.15) is 12.0 Å². The molecule has 0 saturated carbocycles. The molecule has 3 heterocycles. The molecule has 3 aromatic rings. The Kier molecular flexibility index (Phi) is 6.17. The summed E-state index contributed by atoms with van der Waals surface area (Å²) in [5, 5.41) is 10.8. The maximum absolute atomic E-state index is 12.6. The summed E-state index contributed by atoms with van der Waals surface area (Å²) in [6.45, 7) is 2.85. The van der Waals surface area contributed by atoms with Crippen LogP contribution in [-0.2, 0) is 11.3 Å². The van der Waals surface area contributed by atoms with Crippen LogP contribution in [-0.4, -0.2) is 65.8 Å². The zero-order chi connectivity index (χ0) is 21.8. The van der Waals surface area contributed by atoms with Crippen LogP contribution in [0, 0.1) is 5.92 Å². The Bertz CT molecular complexity index is 1070. The molecular formula is C21H25N5O5. The van der Waals surface area contributed by atoms with E-state index in [0.29, 0.717) is 36.3 Å². The van der Waals surface area contributed by atoms with Gasteiger partial charge in [-0.1, -0.05) is 0 Å². The maximum Gasteiger partial charge on any atom is 0.360 e. The fourth-order valence-corrected chi connectivity index (χ4v) is 3.74. The number of nitrogens with one attached hydrogen (secondary N) is 2. The molecule has 1 aromatic carbocycles. The van der Waals surface area contributed by atoms with Gasteiger partial charge in [0, 0.05) is 11.9 Å². The van der Waals surface area contributed by atoms with Gasteiger partial charge in [0.05, 0.1) is 26.3 Å². The molecule has 10 heteroatoms. The molecule has 1 aliphatic rings. The first-order valence-electron chi connectivity index (χ1n) is 10.1. The molecule has 0 atom stereocenters. The standard InChI is InChI=1S/C21H25N5O5/c1-29-14-3-4-16-15(9-14)19(25-24-16)20(27)22-10-13-5-7-26(8-6-13)11-18-23-17(12-31-18)21(28)30-2/h3-4,9,12-13H,5-8,10-11H2,1-2H3,(H,22,27)(H,24,25). The highest BCUT2D eigenvalue weighted by Crippen LogP contribution is 2.22. The summed E-state index contributed by atoms with van der Waals surface area (Å²) in [5.74, 6) is 0.854. The average molecular weight is 427 g/mol. The third kappa shape index (κ3) is 4.69. The summed E-state index contributed by atoms with van der Waals surface area (Å²) in [4.78, 5) is 30.5. The number of oxazole rings is 1. The van der Waals surface area contributed by atoms with Crippen molar-refractivity contribution >= 4 is 22.8 Å². The number of hydrogen-bond acceptors (Lipinski definition) is 8. The van der Waals surface area contributed by atoms with Gasteiger partial charge in [0.2, 0.25) is 5.89 Å². The van der Waals surface area contributed by atoms with E-state index in [2.05, 4.69) is 30.1 Å². The number of benzene rings is 1. The number of likely N-dealkylation sites (tertiary alicyclic amines) is 1. The van der Waals surface area contributed by atoms with Gasteiger partial charge in [-0.15, -0.1) is 0 Å². The van der Waals surface area contributed by atoms with E-state index >= 15 is 0 Å². The number of esters is 1. The van der Waals surface area contributed by atoms with Crippen LogP contribution in [0.3, 0.4) is 0 Å². The summed E-state index contributed by atoms with van der Waals surface area (Å²) in [6, 6.07) is 5.47. The number of nitrogens with zero attached hydrogens (tertiary/aromatic N) is 3. The van der Waals surface area contributed by atoms with Crippen molar-refractivity contribution in [1.82, 2.24) is 25.4 Å². The number of hydrogen-bond donors (Lipinski definition) is 2. The minimum atomic E-state index is -0.507. The lowest BCUT2D eigenvalue weighted by molar-refractivity contribution is 0.0593.